The Bertz CT molecular complexity index is 517. The number of aliphatic hydroxyl groups excluding tert-OH is 1. The summed E-state index contributed by atoms with van der Waals surface area (Å²) in [6.45, 7) is 0.0811. The molecule has 0 spiro atoms. The first-order chi connectivity index (χ1) is 9.58. The second kappa shape index (κ2) is 6.61. The van der Waals surface area contributed by atoms with Crippen molar-refractivity contribution >= 4 is 5.91 Å². The van der Waals surface area contributed by atoms with Crippen LogP contribution < -0.4 is 5.32 Å². The number of hydrogen-bond donors (Lipinski definition) is 2. The lowest BCUT2D eigenvalue weighted by Gasteiger charge is -2.12. The van der Waals surface area contributed by atoms with Crippen molar-refractivity contribution in [2.75, 3.05) is 6.61 Å². The van der Waals surface area contributed by atoms with Gasteiger partial charge in [0.15, 0.2) is 11.6 Å². The standard InChI is InChI=1S/C15H17F2NO2/c16-13-5-2-10(8-14(13)17)3-6-15(20)18-12-4-1-11(7-12)9-19/h1-2,4-5,8,11-12,19H,3,6-7,9H2,(H,18,20)/t11-,12+/m0/s1. The highest BCUT2D eigenvalue weighted by Gasteiger charge is 2.19. The van der Waals surface area contributed by atoms with Crippen molar-refractivity contribution in [1.82, 2.24) is 5.32 Å². The van der Waals surface area contributed by atoms with E-state index in [0.29, 0.717) is 18.4 Å². The van der Waals surface area contributed by atoms with E-state index >= 15 is 0 Å². The van der Waals surface area contributed by atoms with Crippen LogP contribution in [0, 0.1) is 17.6 Å². The number of aliphatic hydroxyl groups is 1. The number of aryl methyl sites for hydroxylation is 1. The first kappa shape index (κ1) is 14.7. The van der Waals surface area contributed by atoms with Gasteiger partial charge in [-0.15, -0.1) is 0 Å². The lowest BCUT2D eigenvalue weighted by molar-refractivity contribution is -0.121. The lowest BCUT2D eigenvalue weighted by atomic mass is 10.1. The van der Waals surface area contributed by atoms with Gasteiger partial charge in [0.25, 0.3) is 0 Å². The molecule has 108 valence electrons. The first-order valence-electron chi connectivity index (χ1n) is 6.61. The van der Waals surface area contributed by atoms with Gasteiger partial charge in [0, 0.05) is 25.0 Å². The molecular formula is C15H17F2NO2. The predicted octanol–water partition coefficient (Wildman–Crippen LogP) is 1.95. The number of carbonyl (C=O) groups excluding carboxylic acids is 1. The summed E-state index contributed by atoms with van der Waals surface area (Å²) in [7, 11) is 0. The van der Waals surface area contributed by atoms with Gasteiger partial charge in [-0.2, -0.15) is 0 Å². The van der Waals surface area contributed by atoms with Crippen LogP contribution in [0.3, 0.4) is 0 Å². The molecule has 0 aliphatic heterocycles. The Morgan fingerprint density at radius 2 is 2.10 bits per heavy atom. The average molecular weight is 281 g/mol. The number of halogens is 2. The molecule has 2 atom stereocenters. The van der Waals surface area contributed by atoms with Crippen LogP contribution in [-0.2, 0) is 11.2 Å². The molecule has 1 amide bonds. The van der Waals surface area contributed by atoms with Gasteiger partial charge in [-0.25, -0.2) is 8.78 Å². The van der Waals surface area contributed by atoms with Crippen molar-refractivity contribution < 1.29 is 18.7 Å². The van der Waals surface area contributed by atoms with Crippen molar-refractivity contribution in [1.29, 1.82) is 0 Å². The smallest absolute Gasteiger partial charge is 0.220 e. The fourth-order valence-electron chi connectivity index (χ4n) is 2.25. The Morgan fingerprint density at radius 1 is 1.30 bits per heavy atom. The third kappa shape index (κ3) is 3.87. The highest BCUT2D eigenvalue weighted by atomic mass is 19.2. The van der Waals surface area contributed by atoms with E-state index in [1.165, 1.54) is 6.07 Å². The SMILES string of the molecule is O=C(CCc1ccc(F)c(F)c1)N[C@@H]1C=C[C@H](CO)C1. The Kier molecular flexibility index (Phi) is 4.84. The number of nitrogens with one attached hydrogen (secondary N) is 1. The quantitative estimate of drug-likeness (QED) is 0.810. The molecule has 0 saturated carbocycles. The zero-order valence-electron chi connectivity index (χ0n) is 11.0. The molecule has 3 nitrogen and oxygen atoms in total. The highest BCUT2D eigenvalue weighted by molar-refractivity contribution is 5.76. The Morgan fingerprint density at radius 3 is 2.75 bits per heavy atom. The summed E-state index contributed by atoms with van der Waals surface area (Å²) in [6.07, 6.45) is 5.05. The van der Waals surface area contributed by atoms with Crippen molar-refractivity contribution in [2.45, 2.75) is 25.3 Å². The van der Waals surface area contributed by atoms with E-state index in [4.69, 9.17) is 5.11 Å². The predicted molar refractivity (Wildman–Crippen MR) is 70.9 cm³/mol. The summed E-state index contributed by atoms with van der Waals surface area (Å²) in [5, 5.41) is 11.8. The number of benzene rings is 1. The molecule has 0 fully saturated rings. The minimum atomic E-state index is -0.896. The van der Waals surface area contributed by atoms with Crippen LogP contribution in [0.4, 0.5) is 8.78 Å². The maximum atomic E-state index is 13.0. The maximum Gasteiger partial charge on any atom is 0.220 e. The van der Waals surface area contributed by atoms with Crippen LogP contribution in [0.25, 0.3) is 0 Å². The molecule has 0 aromatic heterocycles. The fourth-order valence-corrected chi connectivity index (χ4v) is 2.25. The molecule has 0 bridgehead atoms. The van der Waals surface area contributed by atoms with E-state index < -0.39 is 11.6 Å². The van der Waals surface area contributed by atoms with Gasteiger partial charge in [0.1, 0.15) is 0 Å². The van der Waals surface area contributed by atoms with Crippen LogP contribution in [0.15, 0.2) is 30.4 Å². The monoisotopic (exact) mass is 281 g/mol. The number of amides is 1. The number of carbonyl (C=O) groups is 1. The first-order valence-corrected chi connectivity index (χ1v) is 6.61. The molecule has 1 aromatic rings. The van der Waals surface area contributed by atoms with Gasteiger partial charge >= 0.3 is 0 Å². The second-order valence-corrected chi connectivity index (χ2v) is 4.99. The maximum absolute atomic E-state index is 13.0. The topological polar surface area (TPSA) is 49.3 Å². The highest BCUT2D eigenvalue weighted by Crippen LogP contribution is 2.17. The van der Waals surface area contributed by atoms with Crippen LogP contribution in [-0.4, -0.2) is 23.7 Å². The average Bonchev–Trinajstić information content (AvgIpc) is 2.88. The van der Waals surface area contributed by atoms with Gasteiger partial charge in [-0.3, -0.25) is 4.79 Å². The van der Waals surface area contributed by atoms with Crippen molar-refractivity contribution in [2.24, 2.45) is 5.92 Å². The van der Waals surface area contributed by atoms with Crippen LogP contribution in [0.2, 0.25) is 0 Å². The Hall–Kier alpha value is -1.75. The summed E-state index contributed by atoms with van der Waals surface area (Å²) in [5.41, 5.74) is 0.592. The van der Waals surface area contributed by atoms with Gasteiger partial charge < -0.3 is 10.4 Å². The third-order valence-electron chi connectivity index (χ3n) is 3.38. The summed E-state index contributed by atoms with van der Waals surface area (Å²) >= 11 is 0. The molecule has 20 heavy (non-hydrogen) atoms. The molecular weight excluding hydrogens is 264 g/mol. The normalized spacial score (nSPS) is 21.1. The number of rotatable bonds is 5. The van der Waals surface area contributed by atoms with E-state index in [2.05, 4.69) is 5.32 Å². The summed E-state index contributed by atoms with van der Waals surface area (Å²) in [4.78, 5) is 11.7. The second-order valence-electron chi connectivity index (χ2n) is 4.99. The summed E-state index contributed by atoms with van der Waals surface area (Å²) in [6, 6.07) is 3.60. The molecule has 1 aromatic carbocycles. The molecule has 0 radical (unpaired) electrons. The molecule has 2 rings (SSSR count). The largest absolute Gasteiger partial charge is 0.396 e. The van der Waals surface area contributed by atoms with Crippen LogP contribution >= 0.6 is 0 Å². The minimum absolute atomic E-state index is 0.0513. The van der Waals surface area contributed by atoms with Gasteiger partial charge in [-0.05, 0) is 30.5 Å². The van der Waals surface area contributed by atoms with Gasteiger partial charge in [0.2, 0.25) is 5.91 Å². The molecule has 1 aliphatic carbocycles. The third-order valence-corrected chi connectivity index (χ3v) is 3.38. The van der Waals surface area contributed by atoms with Crippen LogP contribution in [0.5, 0.6) is 0 Å². The van der Waals surface area contributed by atoms with Crippen molar-refractivity contribution in [3.8, 4) is 0 Å². The molecule has 5 heteroatoms. The lowest BCUT2D eigenvalue weighted by Crippen LogP contribution is -2.33. The van der Waals surface area contributed by atoms with Crippen molar-refractivity contribution in [3.05, 3.63) is 47.5 Å². The Labute approximate surface area is 116 Å². The Balaban J connectivity index is 1.78. The summed E-state index contributed by atoms with van der Waals surface area (Å²) in [5.74, 6) is -1.81. The molecule has 0 unspecified atom stereocenters. The molecule has 0 heterocycles. The van der Waals surface area contributed by atoms with E-state index in [1.807, 2.05) is 12.2 Å². The van der Waals surface area contributed by atoms with E-state index in [1.54, 1.807) is 0 Å². The molecule has 1 aliphatic rings. The number of hydrogen-bond acceptors (Lipinski definition) is 2. The summed E-state index contributed by atoms with van der Waals surface area (Å²) < 4.78 is 25.8. The van der Waals surface area contributed by atoms with Crippen molar-refractivity contribution in [3.63, 3.8) is 0 Å². The van der Waals surface area contributed by atoms with Gasteiger partial charge in [-0.1, -0.05) is 18.2 Å². The zero-order valence-corrected chi connectivity index (χ0v) is 11.0. The zero-order chi connectivity index (χ0) is 14.5. The molecule has 2 N–H and O–H groups in total. The van der Waals surface area contributed by atoms with Gasteiger partial charge in [0.05, 0.1) is 0 Å². The molecule has 0 saturated heterocycles. The van der Waals surface area contributed by atoms with E-state index in [0.717, 1.165) is 12.1 Å². The van der Waals surface area contributed by atoms with E-state index in [9.17, 15) is 13.6 Å². The minimum Gasteiger partial charge on any atom is -0.396 e. The fraction of sp³-hybridized carbons (Fsp3) is 0.400. The van der Waals surface area contributed by atoms with E-state index in [-0.39, 0.29) is 30.9 Å². The van der Waals surface area contributed by atoms with Crippen LogP contribution in [0.1, 0.15) is 18.4 Å².